The van der Waals surface area contributed by atoms with E-state index in [1.807, 2.05) is 24.3 Å². The maximum atomic E-state index is 9.51. The quantitative estimate of drug-likeness (QED) is 0.894. The molecule has 100 valence electrons. The summed E-state index contributed by atoms with van der Waals surface area (Å²) in [4.78, 5) is 4.29. The number of hydrogen-bond donors (Lipinski definition) is 1. The van der Waals surface area contributed by atoms with Crippen molar-refractivity contribution in [2.24, 2.45) is 0 Å². The number of aromatic nitrogens is 2. The third-order valence-electron chi connectivity index (χ3n) is 3.12. The van der Waals surface area contributed by atoms with Crippen LogP contribution in [-0.4, -0.2) is 15.2 Å². The molecule has 1 aromatic heterocycles. The summed E-state index contributed by atoms with van der Waals surface area (Å²) in [6.45, 7) is 2.00. The van der Waals surface area contributed by atoms with Gasteiger partial charge >= 0.3 is 0 Å². The van der Waals surface area contributed by atoms with E-state index >= 15 is 0 Å². The van der Waals surface area contributed by atoms with Crippen LogP contribution in [0.4, 0.5) is 0 Å². The zero-order chi connectivity index (χ0) is 13.2. The highest BCUT2D eigenvalue weighted by Gasteiger charge is 2.29. The predicted molar refractivity (Wildman–Crippen MR) is 67.7 cm³/mol. The van der Waals surface area contributed by atoms with Crippen LogP contribution in [0.1, 0.15) is 49.1 Å². The second kappa shape index (κ2) is 5.01. The van der Waals surface area contributed by atoms with Crippen molar-refractivity contribution in [3.8, 4) is 5.75 Å². The molecule has 1 aromatic carbocycles. The first-order valence-electron chi connectivity index (χ1n) is 6.45. The maximum Gasteiger partial charge on any atom is 0.229 e. The number of rotatable bonds is 5. The Morgan fingerprint density at radius 1 is 1.47 bits per heavy atom. The predicted octanol–water partition coefficient (Wildman–Crippen LogP) is 2.58. The fourth-order valence-corrected chi connectivity index (χ4v) is 1.83. The molecular formula is C14H16N2O3. The zero-order valence-electron chi connectivity index (χ0n) is 10.7. The second-order valence-corrected chi connectivity index (χ2v) is 4.86. The van der Waals surface area contributed by atoms with Crippen molar-refractivity contribution in [2.45, 2.75) is 38.4 Å². The molecule has 1 N–H and O–H groups in total. The molecule has 1 heterocycles. The summed E-state index contributed by atoms with van der Waals surface area (Å²) in [5.74, 6) is 2.43. The zero-order valence-corrected chi connectivity index (χ0v) is 10.7. The maximum absolute atomic E-state index is 9.51. The molecule has 0 radical (unpaired) electrons. The van der Waals surface area contributed by atoms with Crippen molar-refractivity contribution in [1.82, 2.24) is 10.1 Å². The van der Waals surface area contributed by atoms with Crippen LogP contribution in [0.2, 0.25) is 0 Å². The first-order valence-corrected chi connectivity index (χ1v) is 6.45. The Kier molecular flexibility index (Phi) is 3.21. The molecule has 1 saturated carbocycles. The molecule has 1 atom stereocenters. The van der Waals surface area contributed by atoms with Crippen LogP contribution in [-0.2, 0) is 6.61 Å². The van der Waals surface area contributed by atoms with E-state index < -0.39 is 6.10 Å². The molecule has 0 aliphatic heterocycles. The van der Waals surface area contributed by atoms with Gasteiger partial charge in [0.1, 0.15) is 5.75 Å². The summed E-state index contributed by atoms with van der Waals surface area (Å²) in [5, 5.41) is 13.4. The lowest BCUT2D eigenvalue weighted by molar-refractivity contribution is 0.198. The Bertz CT molecular complexity index is 561. The van der Waals surface area contributed by atoms with Gasteiger partial charge in [-0.15, -0.1) is 0 Å². The van der Waals surface area contributed by atoms with Crippen LogP contribution in [0.15, 0.2) is 28.8 Å². The largest absolute Gasteiger partial charge is 0.485 e. The Morgan fingerprint density at radius 3 is 3.05 bits per heavy atom. The summed E-state index contributed by atoms with van der Waals surface area (Å²) in [6.07, 6.45) is 1.77. The summed E-state index contributed by atoms with van der Waals surface area (Å²) < 4.78 is 10.8. The van der Waals surface area contributed by atoms with Crippen LogP contribution in [0.3, 0.4) is 0 Å². The third kappa shape index (κ3) is 2.93. The van der Waals surface area contributed by atoms with Gasteiger partial charge in [-0.3, -0.25) is 0 Å². The van der Waals surface area contributed by atoms with Gasteiger partial charge < -0.3 is 14.4 Å². The smallest absolute Gasteiger partial charge is 0.229 e. The Morgan fingerprint density at radius 2 is 2.32 bits per heavy atom. The molecule has 3 rings (SSSR count). The fraction of sp³-hybridized carbons (Fsp3) is 0.429. The van der Waals surface area contributed by atoms with Gasteiger partial charge in [-0.25, -0.2) is 0 Å². The number of aliphatic hydroxyl groups excluding tert-OH is 1. The van der Waals surface area contributed by atoms with Gasteiger partial charge in [-0.1, -0.05) is 17.3 Å². The molecule has 5 nitrogen and oxygen atoms in total. The average molecular weight is 260 g/mol. The van der Waals surface area contributed by atoms with Crippen LogP contribution in [0, 0.1) is 0 Å². The molecule has 0 amide bonds. The first kappa shape index (κ1) is 12.2. The first-order chi connectivity index (χ1) is 9.22. The summed E-state index contributed by atoms with van der Waals surface area (Å²) >= 11 is 0. The van der Waals surface area contributed by atoms with Crippen LogP contribution >= 0.6 is 0 Å². The fourth-order valence-electron chi connectivity index (χ4n) is 1.83. The van der Waals surface area contributed by atoms with Gasteiger partial charge in [0.2, 0.25) is 11.7 Å². The molecule has 0 spiro atoms. The highest BCUT2D eigenvalue weighted by molar-refractivity contribution is 5.29. The standard InChI is InChI=1S/C14H16N2O3/c1-9(17)11-3-2-4-12(7-11)18-8-13-15-14(19-16-13)10-5-6-10/h2-4,7,9-10,17H,5-6,8H2,1H3. The minimum atomic E-state index is -0.504. The number of ether oxygens (including phenoxy) is 1. The molecular weight excluding hydrogens is 244 g/mol. The van der Waals surface area contributed by atoms with Gasteiger partial charge in [0.05, 0.1) is 6.10 Å². The van der Waals surface area contributed by atoms with Crippen molar-refractivity contribution in [1.29, 1.82) is 0 Å². The number of aliphatic hydroxyl groups is 1. The van der Waals surface area contributed by atoms with Crippen molar-refractivity contribution < 1.29 is 14.4 Å². The van der Waals surface area contributed by atoms with Crippen LogP contribution in [0.5, 0.6) is 5.75 Å². The van der Waals surface area contributed by atoms with Crippen LogP contribution in [0.25, 0.3) is 0 Å². The highest BCUT2D eigenvalue weighted by Crippen LogP contribution is 2.38. The lowest BCUT2D eigenvalue weighted by Gasteiger charge is -2.07. The second-order valence-electron chi connectivity index (χ2n) is 4.86. The normalized spacial score (nSPS) is 16.3. The molecule has 1 aliphatic rings. The number of hydrogen-bond acceptors (Lipinski definition) is 5. The van der Waals surface area contributed by atoms with Gasteiger partial charge in [-0.2, -0.15) is 4.98 Å². The molecule has 1 aliphatic carbocycles. The number of nitrogens with zero attached hydrogens (tertiary/aromatic N) is 2. The van der Waals surface area contributed by atoms with E-state index in [1.54, 1.807) is 6.92 Å². The molecule has 1 fully saturated rings. The molecule has 2 aromatic rings. The van der Waals surface area contributed by atoms with Crippen molar-refractivity contribution in [2.75, 3.05) is 0 Å². The van der Waals surface area contributed by atoms with Crippen molar-refractivity contribution in [3.63, 3.8) is 0 Å². The number of benzene rings is 1. The summed E-state index contributed by atoms with van der Waals surface area (Å²) in [5.41, 5.74) is 0.823. The Hall–Kier alpha value is -1.88. The van der Waals surface area contributed by atoms with Crippen molar-refractivity contribution in [3.05, 3.63) is 41.5 Å². The molecule has 1 unspecified atom stereocenters. The lowest BCUT2D eigenvalue weighted by atomic mass is 10.1. The van der Waals surface area contributed by atoms with E-state index in [0.717, 1.165) is 24.3 Å². The van der Waals surface area contributed by atoms with Gasteiger partial charge in [0.25, 0.3) is 0 Å². The summed E-state index contributed by atoms with van der Waals surface area (Å²) in [7, 11) is 0. The van der Waals surface area contributed by atoms with E-state index in [2.05, 4.69) is 10.1 Å². The summed E-state index contributed by atoms with van der Waals surface area (Å²) in [6, 6.07) is 7.36. The van der Waals surface area contributed by atoms with E-state index in [0.29, 0.717) is 17.5 Å². The van der Waals surface area contributed by atoms with E-state index in [1.165, 1.54) is 0 Å². The topological polar surface area (TPSA) is 68.4 Å². The highest BCUT2D eigenvalue weighted by atomic mass is 16.5. The Labute approximate surface area is 111 Å². The van der Waals surface area contributed by atoms with Crippen LogP contribution < -0.4 is 4.74 Å². The van der Waals surface area contributed by atoms with Gasteiger partial charge in [0, 0.05) is 5.92 Å². The molecule has 19 heavy (non-hydrogen) atoms. The Balaban J connectivity index is 1.62. The SMILES string of the molecule is CC(O)c1cccc(OCc2noc(C3CC3)n2)c1. The minimum absolute atomic E-state index is 0.277. The van der Waals surface area contributed by atoms with E-state index in [-0.39, 0.29) is 6.61 Å². The lowest BCUT2D eigenvalue weighted by Crippen LogP contribution is -1.99. The van der Waals surface area contributed by atoms with Gasteiger partial charge in [0.15, 0.2) is 6.61 Å². The molecule has 0 bridgehead atoms. The molecule has 5 heteroatoms. The van der Waals surface area contributed by atoms with E-state index in [4.69, 9.17) is 9.26 Å². The minimum Gasteiger partial charge on any atom is -0.485 e. The average Bonchev–Trinajstić information content (AvgIpc) is 3.16. The third-order valence-corrected chi connectivity index (χ3v) is 3.12. The van der Waals surface area contributed by atoms with Gasteiger partial charge in [-0.05, 0) is 37.5 Å². The molecule has 0 saturated heterocycles. The van der Waals surface area contributed by atoms with E-state index in [9.17, 15) is 5.11 Å². The monoisotopic (exact) mass is 260 g/mol. The van der Waals surface area contributed by atoms with Crippen molar-refractivity contribution >= 4 is 0 Å².